The maximum atomic E-state index is 4.71. The van der Waals surface area contributed by atoms with Crippen molar-refractivity contribution in [1.82, 2.24) is 0 Å². The first-order valence-electron chi connectivity index (χ1n) is 6.84. The Morgan fingerprint density at radius 3 is 2.79 bits per heavy atom. The lowest BCUT2D eigenvalue weighted by Crippen LogP contribution is -2.33. The van der Waals surface area contributed by atoms with Crippen molar-refractivity contribution >= 4 is 11.1 Å². The molecule has 0 saturated carbocycles. The molecule has 2 rings (SSSR count). The van der Waals surface area contributed by atoms with Gasteiger partial charge in [-0.1, -0.05) is 50.4 Å². The topological polar surface area (TPSA) is 12.4 Å². The molecule has 98 valence electrons. The number of hydrogen-bond acceptors (Lipinski definition) is 1. The van der Waals surface area contributed by atoms with Crippen LogP contribution < -0.4 is 10.6 Å². The van der Waals surface area contributed by atoms with Crippen LogP contribution in [-0.2, 0) is 0 Å². The van der Waals surface area contributed by atoms with Crippen molar-refractivity contribution in [3.8, 4) is 0 Å². The fraction of sp³-hybridized carbons (Fsp3) is 0.278. The molecule has 0 radical (unpaired) electrons. The fourth-order valence-electron chi connectivity index (χ4n) is 2.69. The van der Waals surface area contributed by atoms with Crippen LogP contribution in [0, 0.1) is 6.92 Å². The summed E-state index contributed by atoms with van der Waals surface area (Å²) in [5, 5.41) is 2.39. The highest BCUT2D eigenvalue weighted by molar-refractivity contribution is 5.70. The summed E-state index contributed by atoms with van der Waals surface area (Å²) < 4.78 is 0. The summed E-state index contributed by atoms with van der Waals surface area (Å²) in [6.07, 6.45) is 7.92. The van der Waals surface area contributed by atoms with E-state index in [0.717, 1.165) is 24.7 Å². The molecule has 0 atom stereocenters. The van der Waals surface area contributed by atoms with E-state index in [0.29, 0.717) is 0 Å². The minimum atomic E-state index is 0.866. The molecule has 0 fully saturated rings. The fourth-order valence-corrected chi connectivity index (χ4v) is 2.69. The third kappa shape index (κ3) is 2.46. The van der Waals surface area contributed by atoms with Crippen molar-refractivity contribution in [3.63, 3.8) is 0 Å². The van der Waals surface area contributed by atoms with Crippen LogP contribution in [0.15, 0.2) is 48.5 Å². The normalized spacial score (nSPS) is 14.6. The van der Waals surface area contributed by atoms with E-state index in [1.54, 1.807) is 0 Å². The molecule has 0 aromatic heterocycles. The van der Waals surface area contributed by atoms with Gasteiger partial charge in [0.1, 0.15) is 0 Å². The van der Waals surface area contributed by atoms with E-state index in [1.165, 1.54) is 27.5 Å². The first-order chi connectivity index (χ1) is 9.22. The van der Waals surface area contributed by atoms with Crippen molar-refractivity contribution in [1.29, 1.82) is 0 Å². The molecule has 1 heterocycles. The average Bonchev–Trinajstić information content (AvgIpc) is 2.45. The molecule has 0 saturated heterocycles. The monoisotopic (exact) mass is 251 g/mol. The van der Waals surface area contributed by atoms with Gasteiger partial charge in [0, 0.05) is 11.8 Å². The molecule has 0 bridgehead atoms. The van der Waals surface area contributed by atoms with E-state index in [1.807, 2.05) is 12.2 Å². The third-order valence-corrected chi connectivity index (χ3v) is 3.72. The molecule has 0 spiro atoms. The van der Waals surface area contributed by atoms with Gasteiger partial charge < -0.3 is 0 Å². The van der Waals surface area contributed by atoms with Crippen LogP contribution in [0.25, 0.3) is 11.1 Å². The van der Waals surface area contributed by atoms with Crippen molar-refractivity contribution in [2.24, 2.45) is 4.99 Å². The first-order valence-corrected chi connectivity index (χ1v) is 6.84. The van der Waals surface area contributed by atoms with E-state index in [4.69, 9.17) is 4.99 Å². The number of hydrogen-bond donors (Lipinski definition) is 0. The lowest BCUT2D eigenvalue weighted by molar-refractivity contribution is 0.932. The summed E-state index contributed by atoms with van der Waals surface area (Å²) in [4.78, 5) is 4.71. The first kappa shape index (κ1) is 13.5. The van der Waals surface area contributed by atoms with E-state index in [-0.39, 0.29) is 0 Å². The van der Waals surface area contributed by atoms with Gasteiger partial charge in [0.15, 0.2) is 0 Å². The Morgan fingerprint density at radius 1 is 1.37 bits per heavy atom. The van der Waals surface area contributed by atoms with Crippen LogP contribution in [0.2, 0.25) is 0 Å². The zero-order chi connectivity index (χ0) is 13.8. The Hall–Kier alpha value is -1.89. The molecule has 1 heteroatoms. The van der Waals surface area contributed by atoms with Crippen molar-refractivity contribution in [2.75, 3.05) is 6.54 Å². The van der Waals surface area contributed by atoms with Gasteiger partial charge in [0.2, 0.25) is 0 Å². The van der Waals surface area contributed by atoms with Gasteiger partial charge >= 0.3 is 0 Å². The summed E-state index contributed by atoms with van der Waals surface area (Å²) in [6.45, 7) is 12.9. The Bertz CT molecular complexity index is 660. The quantitative estimate of drug-likeness (QED) is 0.728. The van der Waals surface area contributed by atoms with Crippen LogP contribution >= 0.6 is 0 Å². The van der Waals surface area contributed by atoms with Crippen molar-refractivity contribution in [3.05, 3.63) is 65.2 Å². The molecule has 1 aliphatic heterocycles. The highest BCUT2D eigenvalue weighted by Gasteiger charge is 2.09. The van der Waals surface area contributed by atoms with E-state index in [9.17, 15) is 0 Å². The summed E-state index contributed by atoms with van der Waals surface area (Å²) in [5.41, 5.74) is 5.18. The summed E-state index contributed by atoms with van der Waals surface area (Å²) in [5.74, 6) is 0. The molecular formula is C18H21N. The molecule has 19 heavy (non-hydrogen) atoms. The largest absolute Gasteiger partial charge is 0.284 e. The predicted molar refractivity (Wildman–Crippen MR) is 83.5 cm³/mol. The SMILES string of the molecule is C=C/C=C(/CC)c1ccc2c(c1C)=NCCC=2C=C. The van der Waals surface area contributed by atoms with Crippen LogP contribution in [-0.4, -0.2) is 6.54 Å². The van der Waals surface area contributed by atoms with Gasteiger partial charge in [0.05, 0.1) is 5.36 Å². The van der Waals surface area contributed by atoms with Crippen LogP contribution in [0.5, 0.6) is 0 Å². The zero-order valence-electron chi connectivity index (χ0n) is 11.9. The minimum absolute atomic E-state index is 0.866. The third-order valence-electron chi connectivity index (χ3n) is 3.72. The van der Waals surface area contributed by atoms with Gasteiger partial charge in [-0.15, -0.1) is 0 Å². The highest BCUT2D eigenvalue weighted by Crippen LogP contribution is 2.19. The second kappa shape index (κ2) is 5.83. The van der Waals surface area contributed by atoms with E-state index in [2.05, 4.69) is 45.2 Å². The van der Waals surface area contributed by atoms with Gasteiger partial charge in [-0.05, 0) is 42.0 Å². The number of fused-ring (bicyclic) bond motifs is 1. The second-order valence-corrected chi connectivity index (χ2v) is 4.78. The van der Waals surface area contributed by atoms with Gasteiger partial charge in [-0.2, -0.15) is 0 Å². The predicted octanol–water partition coefficient (Wildman–Crippen LogP) is 3.33. The van der Waals surface area contributed by atoms with Gasteiger partial charge in [-0.25, -0.2) is 0 Å². The maximum Gasteiger partial charge on any atom is 0.0684 e. The van der Waals surface area contributed by atoms with Crippen LogP contribution in [0.4, 0.5) is 0 Å². The summed E-state index contributed by atoms with van der Waals surface area (Å²) in [6, 6.07) is 4.39. The Morgan fingerprint density at radius 2 is 2.16 bits per heavy atom. The Kier molecular flexibility index (Phi) is 4.16. The maximum absolute atomic E-state index is 4.71. The lowest BCUT2D eigenvalue weighted by Gasteiger charge is -2.13. The minimum Gasteiger partial charge on any atom is -0.284 e. The van der Waals surface area contributed by atoms with Crippen LogP contribution in [0.3, 0.4) is 0 Å². The molecule has 0 unspecified atom stereocenters. The standard InChI is InChI=1S/C18H21N/c1-5-8-14(6-2)16-9-10-17-15(7-3)11-12-19-18(17)13(16)4/h5,7-10H,1,3,6,11-12H2,2,4H3/b14-8-. The Labute approximate surface area is 115 Å². The van der Waals surface area contributed by atoms with Gasteiger partial charge in [-0.3, -0.25) is 4.99 Å². The molecule has 1 aliphatic rings. The van der Waals surface area contributed by atoms with E-state index < -0.39 is 0 Å². The molecule has 1 nitrogen and oxygen atoms in total. The molecule has 0 aliphatic carbocycles. The zero-order valence-corrected chi connectivity index (χ0v) is 11.9. The second-order valence-electron chi connectivity index (χ2n) is 4.78. The average molecular weight is 251 g/mol. The van der Waals surface area contributed by atoms with Crippen LogP contribution in [0.1, 0.15) is 30.9 Å². The number of nitrogens with zero attached hydrogens (tertiary/aromatic N) is 1. The number of allylic oxidation sites excluding steroid dienone is 4. The smallest absolute Gasteiger partial charge is 0.0684 e. The van der Waals surface area contributed by atoms with Crippen molar-refractivity contribution < 1.29 is 0 Å². The summed E-state index contributed by atoms with van der Waals surface area (Å²) >= 11 is 0. The van der Waals surface area contributed by atoms with E-state index >= 15 is 0 Å². The van der Waals surface area contributed by atoms with Gasteiger partial charge in [0.25, 0.3) is 0 Å². The highest BCUT2D eigenvalue weighted by atomic mass is 14.7. The molecule has 1 aromatic rings. The summed E-state index contributed by atoms with van der Waals surface area (Å²) in [7, 11) is 0. The Balaban J connectivity index is 2.75. The molecule has 0 amide bonds. The molecule has 1 aromatic carbocycles. The number of benzene rings is 1. The number of rotatable bonds is 4. The lowest BCUT2D eigenvalue weighted by atomic mass is 9.94. The van der Waals surface area contributed by atoms with Crippen molar-refractivity contribution in [2.45, 2.75) is 26.7 Å². The molecule has 0 N–H and O–H groups in total. The molecular weight excluding hydrogens is 230 g/mol.